The SMILES string of the molecule is CC(=O)Nc1cccc([As](=O)(O)OO)c1.NC(=O)c1ccccc1.O=C(O)c1cccs1. The second kappa shape index (κ2) is 13.3. The number of anilines is 1. The number of aromatic carboxylic acids is 1. The molecular formula is C20H21AsN2O8S. The van der Waals surface area contributed by atoms with Gasteiger partial charge < -0.3 is 10.8 Å². The van der Waals surface area contributed by atoms with Crippen molar-refractivity contribution in [3.8, 4) is 0 Å². The van der Waals surface area contributed by atoms with E-state index in [1.54, 1.807) is 47.8 Å². The number of hydrogen-bond acceptors (Lipinski definition) is 7. The Labute approximate surface area is 190 Å². The zero-order valence-electron chi connectivity index (χ0n) is 16.7. The first-order valence-corrected chi connectivity index (χ1v) is 12.9. The van der Waals surface area contributed by atoms with Crippen LogP contribution < -0.4 is 15.4 Å². The second-order valence-corrected chi connectivity index (χ2v) is 10.4. The summed E-state index contributed by atoms with van der Waals surface area (Å²) in [5.74, 6) is -1.52. The molecule has 170 valence electrons. The quantitative estimate of drug-likeness (QED) is 0.191. The topological polar surface area (TPSA) is 176 Å². The molecule has 2 amide bonds. The van der Waals surface area contributed by atoms with Crippen molar-refractivity contribution >= 4 is 53.3 Å². The first-order chi connectivity index (χ1) is 15.1. The molecule has 3 rings (SSSR count). The van der Waals surface area contributed by atoms with Gasteiger partial charge >= 0.3 is 94.4 Å². The Balaban J connectivity index is 0.000000257. The van der Waals surface area contributed by atoms with E-state index in [-0.39, 0.29) is 16.2 Å². The minimum Gasteiger partial charge on any atom is -0.477 e. The van der Waals surface area contributed by atoms with Crippen molar-refractivity contribution in [2.24, 2.45) is 5.73 Å². The standard InChI is InChI=1S/C8H10AsNO5.C7H7NO.C5H4O2S/c1-6(11)10-8-4-2-3-7(5-8)9(12,13)15-14;8-7(9)6-4-2-1-3-5-6;6-5(7)4-2-1-3-8-4/h2-5,14H,1H3,(H,10,11)(H,12,13);1-5H,(H2,8,9);1-3H,(H,6,7). The Morgan fingerprint density at radius 1 is 1.03 bits per heavy atom. The summed E-state index contributed by atoms with van der Waals surface area (Å²) >= 11 is -3.59. The summed E-state index contributed by atoms with van der Waals surface area (Å²) < 4.78 is 23.9. The number of nitrogens with two attached hydrogens (primary N) is 1. The summed E-state index contributed by atoms with van der Waals surface area (Å²) in [7, 11) is 0. The number of primary amides is 1. The molecule has 0 aliphatic carbocycles. The van der Waals surface area contributed by atoms with Gasteiger partial charge in [0.25, 0.3) is 0 Å². The maximum absolute atomic E-state index is 11.3. The number of amides is 2. The summed E-state index contributed by atoms with van der Waals surface area (Å²) in [6.45, 7) is 1.32. The monoisotopic (exact) mass is 524 g/mol. The molecule has 12 heteroatoms. The molecule has 0 aliphatic rings. The van der Waals surface area contributed by atoms with Crippen LogP contribution in [0.15, 0.2) is 72.1 Å². The van der Waals surface area contributed by atoms with Gasteiger partial charge in [-0.25, -0.2) is 4.79 Å². The number of rotatable bonds is 5. The zero-order chi connectivity index (χ0) is 24.1. The van der Waals surface area contributed by atoms with Gasteiger partial charge in [-0.05, 0) is 23.6 Å². The van der Waals surface area contributed by atoms with Crippen molar-refractivity contribution in [3.05, 3.63) is 82.6 Å². The largest absolute Gasteiger partial charge is 0.477 e. The van der Waals surface area contributed by atoms with Gasteiger partial charge in [0.1, 0.15) is 4.88 Å². The fraction of sp³-hybridized carbons (Fsp3) is 0.0500. The molecule has 3 aromatic rings. The Hall–Kier alpha value is -3.21. The first kappa shape index (κ1) is 26.8. The minimum absolute atomic E-state index is 0.0399. The van der Waals surface area contributed by atoms with E-state index in [1.165, 1.54) is 36.5 Å². The molecule has 1 heterocycles. The molecule has 2 aromatic carbocycles. The van der Waals surface area contributed by atoms with Crippen molar-refractivity contribution < 1.29 is 36.5 Å². The van der Waals surface area contributed by atoms with E-state index < -0.39 is 20.1 Å². The van der Waals surface area contributed by atoms with Gasteiger partial charge in [-0.2, -0.15) is 0 Å². The number of carboxylic acids is 1. The number of hydrogen-bond donors (Lipinski definition) is 5. The van der Waals surface area contributed by atoms with E-state index >= 15 is 0 Å². The van der Waals surface area contributed by atoms with Gasteiger partial charge in [-0.1, -0.05) is 24.3 Å². The van der Waals surface area contributed by atoms with E-state index in [0.717, 1.165) is 0 Å². The maximum Gasteiger partial charge on any atom is 0.345 e. The molecule has 1 unspecified atom stereocenters. The van der Waals surface area contributed by atoms with E-state index in [0.29, 0.717) is 16.1 Å². The molecule has 10 nitrogen and oxygen atoms in total. The number of carbonyl (C=O) groups excluding carboxylic acids is 2. The fourth-order valence-corrected chi connectivity index (χ4v) is 3.98. The van der Waals surface area contributed by atoms with Crippen LogP contribution in [0.4, 0.5) is 5.69 Å². The molecule has 0 saturated heterocycles. The van der Waals surface area contributed by atoms with Crippen LogP contribution in [0.1, 0.15) is 27.0 Å². The van der Waals surface area contributed by atoms with Gasteiger partial charge in [0.05, 0.1) is 0 Å². The van der Waals surface area contributed by atoms with Gasteiger partial charge in [0, 0.05) is 5.56 Å². The number of nitrogens with one attached hydrogen (secondary N) is 1. The van der Waals surface area contributed by atoms with Gasteiger partial charge in [0.2, 0.25) is 5.91 Å². The molecule has 0 fully saturated rings. The smallest absolute Gasteiger partial charge is 0.345 e. The van der Waals surface area contributed by atoms with Crippen LogP contribution in [-0.2, 0) is 12.4 Å². The number of carbonyl (C=O) groups is 3. The zero-order valence-corrected chi connectivity index (χ0v) is 19.4. The fourth-order valence-electron chi connectivity index (χ4n) is 2.01. The Morgan fingerprint density at radius 3 is 2.09 bits per heavy atom. The molecule has 0 aliphatic heterocycles. The predicted molar refractivity (Wildman–Crippen MR) is 119 cm³/mol. The molecule has 0 saturated carbocycles. The van der Waals surface area contributed by atoms with Crippen LogP contribution in [0.25, 0.3) is 0 Å². The molecule has 32 heavy (non-hydrogen) atoms. The summed E-state index contributed by atoms with van der Waals surface area (Å²) in [6.07, 6.45) is 0. The molecule has 0 spiro atoms. The maximum atomic E-state index is 11.3. The van der Waals surface area contributed by atoms with Crippen molar-refractivity contribution in [2.75, 3.05) is 5.32 Å². The van der Waals surface area contributed by atoms with E-state index in [2.05, 4.69) is 9.19 Å². The molecule has 1 atom stereocenters. The predicted octanol–water partition coefficient (Wildman–Crippen LogP) is 1.94. The number of thiophene rings is 1. The molecular weight excluding hydrogens is 503 g/mol. The van der Waals surface area contributed by atoms with Crippen LogP contribution in [-0.4, -0.2) is 46.4 Å². The molecule has 0 bridgehead atoms. The van der Waals surface area contributed by atoms with Crippen molar-refractivity contribution in [2.45, 2.75) is 6.92 Å². The van der Waals surface area contributed by atoms with E-state index in [9.17, 15) is 22.2 Å². The minimum atomic E-state index is -4.83. The second-order valence-electron chi connectivity index (χ2n) is 5.85. The molecule has 6 N–H and O–H groups in total. The average molecular weight is 524 g/mol. The summed E-state index contributed by atoms with van der Waals surface area (Å²) in [6, 6.07) is 17.7. The van der Waals surface area contributed by atoms with Crippen LogP contribution in [0, 0.1) is 0 Å². The summed E-state index contributed by atoms with van der Waals surface area (Å²) in [4.78, 5) is 31.6. The van der Waals surface area contributed by atoms with Gasteiger partial charge in [0.15, 0.2) is 0 Å². The van der Waals surface area contributed by atoms with Crippen LogP contribution in [0.5, 0.6) is 0 Å². The van der Waals surface area contributed by atoms with Crippen molar-refractivity contribution in [1.82, 2.24) is 0 Å². The first-order valence-electron chi connectivity index (χ1n) is 8.72. The Kier molecular flexibility index (Phi) is 11.1. The van der Waals surface area contributed by atoms with Crippen LogP contribution in [0.2, 0.25) is 0 Å². The third-order valence-electron chi connectivity index (χ3n) is 3.39. The van der Waals surface area contributed by atoms with Crippen molar-refractivity contribution in [1.29, 1.82) is 0 Å². The van der Waals surface area contributed by atoms with Crippen LogP contribution in [0.3, 0.4) is 0 Å². The third kappa shape index (κ3) is 9.73. The summed E-state index contributed by atoms with van der Waals surface area (Å²) in [5.41, 5.74) is 5.90. The number of benzene rings is 2. The Bertz CT molecular complexity index is 1070. The van der Waals surface area contributed by atoms with Crippen molar-refractivity contribution in [3.63, 3.8) is 0 Å². The summed E-state index contributed by atoms with van der Waals surface area (Å²) in [5, 5.41) is 20.7. The average Bonchev–Trinajstić information content (AvgIpc) is 3.30. The van der Waals surface area contributed by atoms with E-state index in [1.807, 2.05) is 6.07 Å². The Morgan fingerprint density at radius 2 is 1.69 bits per heavy atom. The van der Waals surface area contributed by atoms with E-state index in [4.69, 9.17) is 16.1 Å². The van der Waals surface area contributed by atoms with Crippen LogP contribution >= 0.6 is 11.3 Å². The normalized spacial score (nSPS) is 11.5. The molecule has 0 radical (unpaired) electrons. The number of carboxylic acid groups (broad SMARTS) is 1. The molecule has 1 aromatic heterocycles. The third-order valence-corrected chi connectivity index (χ3v) is 6.67. The van der Waals surface area contributed by atoms with Gasteiger partial charge in [-0.15, -0.1) is 11.3 Å². The van der Waals surface area contributed by atoms with Gasteiger partial charge in [-0.3, -0.25) is 4.79 Å².